The van der Waals surface area contributed by atoms with Gasteiger partial charge in [-0.15, -0.1) is 0 Å². The summed E-state index contributed by atoms with van der Waals surface area (Å²) >= 11 is 0. The molecule has 6 nitrogen and oxygen atoms in total. The number of alkyl halides is 3. The average Bonchev–Trinajstić information content (AvgIpc) is 3.46. The van der Waals surface area contributed by atoms with E-state index < -0.39 is 11.7 Å². The monoisotopic (exact) mass is 478 g/mol. The summed E-state index contributed by atoms with van der Waals surface area (Å²) in [4.78, 5) is 15.2. The molecule has 0 radical (unpaired) electrons. The maximum Gasteiger partial charge on any atom is 0.416 e. The van der Waals surface area contributed by atoms with Crippen molar-refractivity contribution >= 4 is 6.20 Å². The highest BCUT2D eigenvalue weighted by atomic mass is 19.4. The number of fused-ring (bicyclic) bond motifs is 1. The fraction of sp³-hybridized carbons (Fsp3) is 0.269. The molecular weight excluding hydrogens is 453 g/mol. The topological polar surface area (TPSA) is 62.1 Å². The molecule has 0 saturated heterocycles. The highest BCUT2D eigenvalue weighted by molar-refractivity contribution is 5.52. The Morgan fingerprint density at radius 1 is 1.03 bits per heavy atom. The minimum absolute atomic E-state index is 0.0374. The van der Waals surface area contributed by atoms with E-state index in [1.165, 1.54) is 11.6 Å². The number of hydrogen-bond acceptors (Lipinski definition) is 4. The normalized spacial score (nSPS) is 15.4. The van der Waals surface area contributed by atoms with Crippen LogP contribution >= 0.6 is 0 Å². The Morgan fingerprint density at radius 3 is 2.60 bits per heavy atom. The van der Waals surface area contributed by atoms with E-state index in [1.807, 2.05) is 18.2 Å². The number of nitrogens with one attached hydrogen (secondary N) is 1. The van der Waals surface area contributed by atoms with Crippen molar-refractivity contribution in [2.75, 3.05) is 6.54 Å². The van der Waals surface area contributed by atoms with Gasteiger partial charge in [0.15, 0.2) is 5.49 Å². The van der Waals surface area contributed by atoms with Crippen LogP contribution in [0, 0.1) is 0 Å². The first kappa shape index (κ1) is 22.9. The van der Waals surface area contributed by atoms with Crippen molar-refractivity contribution in [3.8, 4) is 11.4 Å². The summed E-state index contributed by atoms with van der Waals surface area (Å²) in [5, 5.41) is 5.16. The standard InChI is InChI=1S/C26H25F3N6/c1-2-11-34-17-22-25(32-23(34)13-18-7-4-3-5-8-18)33-24(31-22)20-14-30-35(16-20)15-19-9-6-10-21(12-19)26(27,28)29/h3-10,12,14,16-17,23H,2,11,13,15H2,1H3,(H,31,32,33). The lowest BCUT2D eigenvalue weighted by molar-refractivity contribution is -0.137. The van der Waals surface area contributed by atoms with E-state index in [9.17, 15) is 13.2 Å². The molecule has 1 unspecified atom stereocenters. The molecule has 0 spiro atoms. The largest absolute Gasteiger partial charge is 0.416 e. The van der Waals surface area contributed by atoms with Gasteiger partial charge in [0.05, 0.1) is 23.9 Å². The Bertz CT molecular complexity index is 1420. The Kier molecular flexibility index (Phi) is 6.15. The van der Waals surface area contributed by atoms with Crippen molar-refractivity contribution < 1.29 is 13.2 Å². The molecule has 35 heavy (non-hydrogen) atoms. The zero-order chi connectivity index (χ0) is 24.4. The first-order valence-electron chi connectivity index (χ1n) is 11.5. The molecule has 1 aliphatic rings. The third-order valence-corrected chi connectivity index (χ3v) is 5.91. The Balaban J connectivity index is 1.39. The molecule has 9 heteroatoms. The molecule has 0 fully saturated rings. The highest BCUT2D eigenvalue weighted by Crippen LogP contribution is 2.29. The Hall–Kier alpha value is -3.88. The molecule has 5 rings (SSSR count). The molecule has 0 amide bonds. The maximum atomic E-state index is 13.0. The van der Waals surface area contributed by atoms with Crippen LogP contribution in [0.2, 0.25) is 0 Å². The second-order valence-corrected chi connectivity index (χ2v) is 8.61. The third-order valence-electron chi connectivity index (χ3n) is 5.91. The van der Waals surface area contributed by atoms with Crippen molar-refractivity contribution in [3.63, 3.8) is 0 Å². The molecule has 2 aromatic heterocycles. The van der Waals surface area contributed by atoms with E-state index in [0.717, 1.165) is 42.4 Å². The summed E-state index contributed by atoms with van der Waals surface area (Å²) in [6.45, 7) is 3.24. The number of aromatic amines is 1. The number of benzene rings is 2. The van der Waals surface area contributed by atoms with Crippen molar-refractivity contribution in [1.29, 1.82) is 0 Å². The van der Waals surface area contributed by atoms with Gasteiger partial charge in [-0.1, -0.05) is 49.4 Å². The quantitative estimate of drug-likeness (QED) is 0.437. The van der Waals surface area contributed by atoms with Crippen LogP contribution in [-0.4, -0.2) is 37.4 Å². The number of nitrogens with zero attached hydrogens (tertiary/aromatic N) is 5. The van der Waals surface area contributed by atoms with Gasteiger partial charge in [0.25, 0.3) is 0 Å². The van der Waals surface area contributed by atoms with E-state index in [0.29, 0.717) is 16.9 Å². The van der Waals surface area contributed by atoms with Crippen molar-refractivity contribution in [2.45, 2.75) is 38.7 Å². The van der Waals surface area contributed by atoms with Gasteiger partial charge in [0, 0.05) is 25.4 Å². The second kappa shape index (κ2) is 9.40. The first-order chi connectivity index (χ1) is 16.9. The summed E-state index contributed by atoms with van der Waals surface area (Å²) in [5.41, 5.74) is 2.47. The summed E-state index contributed by atoms with van der Waals surface area (Å²) in [5.74, 6) is 0.627. The number of aromatic nitrogens is 4. The van der Waals surface area contributed by atoms with Gasteiger partial charge < -0.3 is 9.88 Å². The van der Waals surface area contributed by atoms with Gasteiger partial charge >= 0.3 is 6.18 Å². The number of halogens is 3. The fourth-order valence-corrected chi connectivity index (χ4v) is 4.23. The van der Waals surface area contributed by atoms with E-state index in [4.69, 9.17) is 9.98 Å². The summed E-state index contributed by atoms with van der Waals surface area (Å²) in [6.07, 6.45) is 2.87. The molecule has 0 saturated carbocycles. The Labute approximate surface area is 200 Å². The molecule has 1 atom stereocenters. The molecule has 0 aliphatic carbocycles. The number of hydrogen-bond donors (Lipinski definition) is 1. The molecular formula is C26H25F3N6. The zero-order valence-corrected chi connectivity index (χ0v) is 19.2. The molecule has 2 aromatic carbocycles. The van der Waals surface area contributed by atoms with Gasteiger partial charge in [-0.3, -0.25) is 4.68 Å². The van der Waals surface area contributed by atoms with Crippen LogP contribution in [0.1, 0.15) is 30.0 Å². The minimum Gasteiger partial charge on any atom is -0.354 e. The first-order valence-corrected chi connectivity index (χ1v) is 11.5. The van der Waals surface area contributed by atoms with Crippen LogP contribution in [0.5, 0.6) is 0 Å². The lowest BCUT2D eigenvalue weighted by Gasteiger charge is -2.28. The van der Waals surface area contributed by atoms with E-state index in [2.05, 4.69) is 40.2 Å². The minimum atomic E-state index is -4.37. The van der Waals surface area contributed by atoms with Gasteiger partial charge in [-0.25, -0.2) is 9.98 Å². The van der Waals surface area contributed by atoms with Crippen LogP contribution in [0.4, 0.5) is 13.2 Å². The van der Waals surface area contributed by atoms with Crippen LogP contribution in [0.15, 0.2) is 72.0 Å². The van der Waals surface area contributed by atoms with Crippen LogP contribution < -0.4 is 10.8 Å². The second-order valence-electron chi connectivity index (χ2n) is 8.61. The van der Waals surface area contributed by atoms with Gasteiger partial charge in [0.1, 0.15) is 17.3 Å². The zero-order valence-electron chi connectivity index (χ0n) is 19.2. The van der Waals surface area contributed by atoms with E-state index in [1.54, 1.807) is 23.1 Å². The Morgan fingerprint density at radius 2 is 1.83 bits per heavy atom. The molecule has 180 valence electrons. The molecule has 3 heterocycles. The smallest absolute Gasteiger partial charge is 0.354 e. The fourth-order valence-electron chi connectivity index (χ4n) is 4.23. The lowest BCUT2D eigenvalue weighted by atomic mass is 10.1. The number of rotatable bonds is 7. The number of H-pyrrole nitrogens is 1. The van der Waals surface area contributed by atoms with Crippen LogP contribution in [0.25, 0.3) is 17.6 Å². The van der Waals surface area contributed by atoms with Crippen LogP contribution in [-0.2, 0) is 19.1 Å². The number of imidazole rings is 1. The third kappa shape index (κ3) is 5.13. The van der Waals surface area contributed by atoms with Crippen LogP contribution in [0.3, 0.4) is 0 Å². The van der Waals surface area contributed by atoms with Gasteiger partial charge in [0.2, 0.25) is 0 Å². The molecule has 4 aromatic rings. The average molecular weight is 479 g/mol. The lowest BCUT2D eigenvalue weighted by Crippen LogP contribution is -2.43. The van der Waals surface area contributed by atoms with Gasteiger partial charge in [-0.2, -0.15) is 18.3 Å². The summed E-state index contributed by atoms with van der Waals surface area (Å²) < 4.78 is 40.7. The van der Waals surface area contributed by atoms with Crippen molar-refractivity contribution in [2.24, 2.45) is 4.99 Å². The summed E-state index contributed by atoms with van der Waals surface area (Å²) in [6, 6.07) is 15.5. The van der Waals surface area contributed by atoms with E-state index in [-0.39, 0.29) is 12.7 Å². The SMILES string of the molecule is CCCN1C=c2[nH]c(-c3cnn(Cc4cccc(C(F)(F)F)c4)c3)nc2=NC1Cc1ccccc1. The predicted octanol–water partition coefficient (Wildman–Crippen LogP) is 3.99. The molecule has 1 N–H and O–H groups in total. The van der Waals surface area contributed by atoms with Crippen molar-refractivity contribution in [3.05, 3.63) is 94.5 Å². The van der Waals surface area contributed by atoms with E-state index >= 15 is 0 Å². The molecule has 0 bridgehead atoms. The highest BCUT2D eigenvalue weighted by Gasteiger charge is 2.30. The maximum absolute atomic E-state index is 13.0. The predicted molar refractivity (Wildman–Crippen MR) is 127 cm³/mol. The summed E-state index contributed by atoms with van der Waals surface area (Å²) in [7, 11) is 0. The molecule has 1 aliphatic heterocycles. The van der Waals surface area contributed by atoms with Crippen molar-refractivity contribution in [1.82, 2.24) is 24.6 Å². The van der Waals surface area contributed by atoms with Gasteiger partial charge in [-0.05, 0) is 29.7 Å².